The molecule has 8 nitrogen and oxygen atoms in total. The maximum absolute atomic E-state index is 13.2. The van der Waals surface area contributed by atoms with Crippen LogP contribution in [0.5, 0.6) is 0 Å². The van der Waals surface area contributed by atoms with Gasteiger partial charge in [-0.1, -0.05) is 12.1 Å². The summed E-state index contributed by atoms with van der Waals surface area (Å²) >= 11 is 0. The monoisotopic (exact) mass is 518 g/mol. The quantitative estimate of drug-likeness (QED) is 0.484. The molecule has 0 aliphatic carbocycles. The molecule has 0 spiro atoms. The number of imidazole rings is 1. The molecular formula is C26H29F3N4O4. The van der Waals surface area contributed by atoms with Crippen molar-refractivity contribution in [3.05, 3.63) is 59.2 Å². The van der Waals surface area contributed by atoms with Crippen molar-refractivity contribution in [2.24, 2.45) is 0 Å². The number of aliphatic hydroxyl groups is 1. The number of benzene rings is 2. The number of carbonyl (C=O) groups excluding carboxylic acids is 2. The average Bonchev–Trinajstić information content (AvgIpc) is 3.19. The lowest BCUT2D eigenvalue weighted by atomic mass is 10.1. The van der Waals surface area contributed by atoms with E-state index in [4.69, 9.17) is 4.74 Å². The Morgan fingerprint density at radius 1 is 1.16 bits per heavy atom. The zero-order valence-electron chi connectivity index (χ0n) is 20.8. The van der Waals surface area contributed by atoms with Crippen LogP contribution in [0.1, 0.15) is 61.1 Å². The predicted molar refractivity (Wildman–Crippen MR) is 131 cm³/mol. The Balaban J connectivity index is 1.69. The number of piperidine rings is 1. The van der Waals surface area contributed by atoms with E-state index in [0.717, 1.165) is 12.1 Å². The van der Waals surface area contributed by atoms with Gasteiger partial charge in [0, 0.05) is 18.7 Å². The summed E-state index contributed by atoms with van der Waals surface area (Å²) in [6.07, 6.45) is -3.67. The summed E-state index contributed by atoms with van der Waals surface area (Å²) in [4.78, 5) is 31.9. The lowest BCUT2D eigenvalue weighted by Gasteiger charge is -2.35. The van der Waals surface area contributed by atoms with Crippen LogP contribution in [0.15, 0.2) is 42.5 Å². The van der Waals surface area contributed by atoms with Gasteiger partial charge >= 0.3 is 12.3 Å². The summed E-state index contributed by atoms with van der Waals surface area (Å²) in [5.74, 6) is -0.603. The Labute approximate surface area is 212 Å². The van der Waals surface area contributed by atoms with Crippen molar-refractivity contribution < 1.29 is 32.6 Å². The standard InChI is InChI=1S/C26H29F3N4O4/c1-25(2,3)37-24(36)32-11-5-8-19(14-32)33-21-10-9-16(15-34)12-20(21)30-23(33)31-22(35)17-6-4-7-18(13-17)26(27,28)29/h4,6-7,9-10,12-13,19,34H,5,8,11,14-15H2,1-3H3,(H,30,31,35). The second-order valence-corrected chi connectivity index (χ2v) is 10.0. The number of halogens is 3. The molecule has 2 N–H and O–H groups in total. The van der Waals surface area contributed by atoms with Crippen molar-refractivity contribution in [2.45, 2.75) is 58.0 Å². The molecule has 1 atom stereocenters. The fraction of sp³-hybridized carbons (Fsp3) is 0.423. The van der Waals surface area contributed by atoms with E-state index in [0.29, 0.717) is 42.5 Å². The predicted octanol–water partition coefficient (Wildman–Crippen LogP) is 5.37. The van der Waals surface area contributed by atoms with Crippen LogP contribution >= 0.6 is 0 Å². The number of nitrogens with one attached hydrogen (secondary N) is 1. The molecule has 37 heavy (non-hydrogen) atoms. The van der Waals surface area contributed by atoms with Crippen LogP contribution < -0.4 is 5.32 Å². The van der Waals surface area contributed by atoms with Crippen molar-refractivity contribution >= 4 is 29.0 Å². The van der Waals surface area contributed by atoms with Gasteiger partial charge in [-0.3, -0.25) is 10.1 Å². The highest BCUT2D eigenvalue weighted by atomic mass is 19.4. The molecule has 0 radical (unpaired) electrons. The van der Waals surface area contributed by atoms with Gasteiger partial charge in [0.15, 0.2) is 0 Å². The van der Waals surface area contributed by atoms with Crippen molar-refractivity contribution in [1.82, 2.24) is 14.5 Å². The second kappa shape index (κ2) is 10.0. The minimum Gasteiger partial charge on any atom is -0.444 e. The number of hydrogen-bond donors (Lipinski definition) is 2. The first-order chi connectivity index (χ1) is 17.4. The molecule has 2 aromatic carbocycles. The molecule has 3 aromatic rings. The summed E-state index contributed by atoms with van der Waals surface area (Å²) in [6.45, 7) is 5.97. The third-order valence-corrected chi connectivity index (χ3v) is 6.03. The smallest absolute Gasteiger partial charge is 0.416 e. The molecule has 1 aromatic heterocycles. The van der Waals surface area contributed by atoms with Gasteiger partial charge in [0.05, 0.1) is 29.2 Å². The minimum atomic E-state index is -4.59. The van der Waals surface area contributed by atoms with E-state index in [1.165, 1.54) is 12.1 Å². The molecule has 11 heteroatoms. The summed E-state index contributed by atoms with van der Waals surface area (Å²) in [7, 11) is 0. The highest BCUT2D eigenvalue weighted by molar-refractivity contribution is 6.04. The fourth-order valence-electron chi connectivity index (χ4n) is 4.37. The van der Waals surface area contributed by atoms with Gasteiger partial charge in [-0.25, -0.2) is 9.78 Å². The number of hydrogen-bond acceptors (Lipinski definition) is 5. The van der Waals surface area contributed by atoms with Crippen LogP contribution in [-0.4, -0.2) is 50.2 Å². The van der Waals surface area contributed by atoms with E-state index in [1.807, 2.05) is 0 Å². The Hall–Kier alpha value is -3.60. The first-order valence-corrected chi connectivity index (χ1v) is 11.9. The van der Waals surface area contributed by atoms with E-state index in [2.05, 4.69) is 10.3 Å². The van der Waals surface area contributed by atoms with Gasteiger partial charge in [-0.2, -0.15) is 13.2 Å². The lowest BCUT2D eigenvalue weighted by molar-refractivity contribution is -0.137. The molecule has 0 bridgehead atoms. The number of ether oxygens (including phenoxy) is 1. The number of likely N-dealkylation sites (tertiary alicyclic amines) is 1. The van der Waals surface area contributed by atoms with Crippen LogP contribution in [0.3, 0.4) is 0 Å². The molecule has 1 saturated heterocycles. The summed E-state index contributed by atoms with van der Waals surface area (Å²) in [5.41, 5.74) is 0.0288. The van der Waals surface area contributed by atoms with Crippen LogP contribution in [-0.2, 0) is 17.5 Å². The summed E-state index contributed by atoms with van der Waals surface area (Å²) in [6, 6.07) is 9.06. The Bertz CT molecular complexity index is 1310. The molecule has 1 aliphatic rings. The highest BCUT2D eigenvalue weighted by Gasteiger charge is 2.32. The number of amides is 2. The third-order valence-electron chi connectivity index (χ3n) is 6.03. The molecule has 2 amide bonds. The number of fused-ring (bicyclic) bond motifs is 1. The molecule has 1 aliphatic heterocycles. The SMILES string of the molecule is CC(C)(C)OC(=O)N1CCCC(n2c(NC(=O)c3cccc(C(F)(F)F)c3)nc3cc(CO)ccc32)C1. The lowest BCUT2D eigenvalue weighted by Crippen LogP contribution is -2.43. The van der Waals surface area contributed by atoms with Crippen LogP contribution in [0, 0.1) is 0 Å². The number of aliphatic hydroxyl groups excluding tert-OH is 1. The Morgan fingerprint density at radius 3 is 2.59 bits per heavy atom. The maximum atomic E-state index is 13.2. The van der Waals surface area contributed by atoms with Crippen LogP contribution in [0.25, 0.3) is 11.0 Å². The van der Waals surface area contributed by atoms with Crippen molar-refractivity contribution in [1.29, 1.82) is 0 Å². The number of aromatic nitrogens is 2. The molecule has 198 valence electrons. The Kier molecular flexibility index (Phi) is 7.18. The number of rotatable bonds is 4. The zero-order valence-corrected chi connectivity index (χ0v) is 20.8. The molecule has 4 rings (SSSR count). The highest BCUT2D eigenvalue weighted by Crippen LogP contribution is 2.33. The third kappa shape index (κ3) is 6.04. The van der Waals surface area contributed by atoms with E-state index < -0.39 is 29.3 Å². The van der Waals surface area contributed by atoms with Gasteiger partial charge in [-0.15, -0.1) is 0 Å². The minimum absolute atomic E-state index is 0.142. The Morgan fingerprint density at radius 2 is 1.92 bits per heavy atom. The van der Waals surface area contributed by atoms with Gasteiger partial charge < -0.3 is 19.3 Å². The van der Waals surface area contributed by atoms with Crippen molar-refractivity contribution in [2.75, 3.05) is 18.4 Å². The molecular weight excluding hydrogens is 489 g/mol. The van der Waals surface area contributed by atoms with Crippen LogP contribution in [0.2, 0.25) is 0 Å². The van der Waals surface area contributed by atoms with E-state index >= 15 is 0 Å². The van der Waals surface area contributed by atoms with Gasteiger partial charge in [-0.05, 0) is 69.5 Å². The van der Waals surface area contributed by atoms with E-state index in [1.54, 1.807) is 48.4 Å². The van der Waals surface area contributed by atoms with Crippen LogP contribution in [0.4, 0.5) is 23.9 Å². The second-order valence-electron chi connectivity index (χ2n) is 10.0. The molecule has 1 fully saturated rings. The largest absolute Gasteiger partial charge is 0.444 e. The van der Waals surface area contributed by atoms with Gasteiger partial charge in [0.1, 0.15) is 5.60 Å². The number of carbonyl (C=O) groups is 2. The first-order valence-electron chi connectivity index (χ1n) is 11.9. The number of alkyl halides is 3. The normalized spacial score (nSPS) is 16.6. The first kappa shape index (κ1) is 26.5. The van der Waals surface area contributed by atoms with Gasteiger partial charge in [0.25, 0.3) is 5.91 Å². The molecule has 2 heterocycles. The van der Waals surface area contributed by atoms with E-state index in [9.17, 15) is 27.9 Å². The average molecular weight is 519 g/mol. The molecule has 0 saturated carbocycles. The fourth-order valence-corrected chi connectivity index (χ4v) is 4.37. The van der Waals surface area contributed by atoms with Crippen molar-refractivity contribution in [3.8, 4) is 0 Å². The zero-order chi connectivity index (χ0) is 27.0. The summed E-state index contributed by atoms with van der Waals surface area (Å²) < 4.78 is 46.8. The van der Waals surface area contributed by atoms with E-state index in [-0.39, 0.29) is 24.2 Å². The summed E-state index contributed by atoms with van der Waals surface area (Å²) in [5, 5.41) is 12.2. The molecule has 1 unspecified atom stereocenters. The van der Waals surface area contributed by atoms with Gasteiger partial charge in [0.2, 0.25) is 5.95 Å². The number of nitrogens with zero attached hydrogens (tertiary/aromatic N) is 3. The van der Waals surface area contributed by atoms with Crippen molar-refractivity contribution in [3.63, 3.8) is 0 Å². The number of anilines is 1. The topological polar surface area (TPSA) is 96.7 Å². The maximum Gasteiger partial charge on any atom is 0.416 e.